The quantitative estimate of drug-likeness (QED) is 0.486. The lowest BCUT2D eigenvalue weighted by Crippen LogP contribution is -2.45. The lowest BCUT2D eigenvalue weighted by Gasteiger charge is -2.15. The lowest BCUT2D eigenvalue weighted by atomic mass is 10.1. The molecule has 0 saturated carbocycles. The first-order chi connectivity index (χ1) is 14.2. The standard InChI is InChI=1S/C19H14F4N4O3/c20-12-6-4-11(5-7-12)9-25-17(29)14-15(28)18(30)27(26-16(14)19(21,22)23)10-13-3-1-2-8-24-13/h1-8,26H,9-10H2,(H,25,29). The Balaban J connectivity index is 1.97. The maximum Gasteiger partial charge on any atom is 0.433 e. The van der Waals surface area contributed by atoms with E-state index in [2.05, 4.69) is 10.3 Å². The monoisotopic (exact) mass is 422 g/mol. The summed E-state index contributed by atoms with van der Waals surface area (Å²) in [6.45, 7) is -0.692. The number of alkyl halides is 3. The molecule has 3 aromatic rings. The van der Waals surface area contributed by atoms with Gasteiger partial charge in [-0.2, -0.15) is 13.2 Å². The highest BCUT2D eigenvalue weighted by Gasteiger charge is 2.39. The Kier molecular flexibility index (Phi) is 5.81. The second-order valence-electron chi connectivity index (χ2n) is 6.21. The van der Waals surface area contributed by atoms with Crippen LogP contribution in [0.1, 0.15) is 27.3 Å². The number of nitrogens with zero attached hydrogens (tertiary/aromatic N) is 2. The van der Waals surface area contributed by atoms with Crippen molar-refractivity contribution in [3.63, 3.8) is 0 Å². The van der Waals surface area contributed by atoms with Gasteiger partial charge in [0.1, 0.15) is 11.4 Å². The highest BCUT2D eigenvalue weighted by Crippen LogP contribution is 2.28. The van der Waals surface area contributed by atoms with Crippen molar-refractivity contribution in [3.05, 3.63) is 97.6 Å². The molecule has 0 aliphatic carbocycles. The van der Waals surface area contributed by atoms with E-state index in [1.165, 1.54) is 24.4 Å². The zero-order valence-corrected chi connectivity index (χ0v) is 15.2. The predicted molar refractivity (Wildman–Crippen MR) is 97.2 cm³/mol. The summed E-state index contributed by atoms with van der Waals surface area (Å²) in [5, 5.41) is 3.97. The van der Waals surface area contributed by atoms with Crippen LogP contribution >= 0.6 is 0 Å². The number of hydrogen-bond acceptors (Lipinski definition) is 4. The molecule has 0 saturated heterocycles. The predicted octanol–water partition coefficient (Wildman–Crippen LogP) is 2.07. The van der Waals surface area contributed by atoms with Gasteiger partial charge in [-0.15, -0.1) is 0 Å². The number of rotatable bonds is 5. The topological polar surface area (TPSA) is 96.8 Å². The number of aromatic amines is 1. The van der Waals surface area contributed by atoms with E-state index in [4.69, 9.17) is 0 Å². The molecule has 156 valence electrons. The average molecular weight is 422 g/mol. The molecule has 2 aromatic heterocycles. The molecule has 0 aliphatic heterocycles. The van der Waals surface area contributed by atoms with Crippen LogP contribution in [0.15, 0.2) is 58.3 Å². The van der Waals surface area contributed by atoms with E-state index in [-0.39, 0.29) is 12.2 Å². The van der Waals surface area contributed by atoms with Gasteiger partial charge in [-0.25, -0.2) is 9.07 Å². The average Bonchev–Trinajstić information content (AvgIpc) is 2.70. The van der Waals surface area contributed by atoms with Gasteiger partial charge in [0.05, 0.1) is 12.2 Å². The van der Waals surface area contributed by atoms with E-state index in [1.54, 1.807) is 12.1 Å². The van der Waals surface area contributed by atoms with Gasteiger partial charge in [0.15, 0.2) is 5.69 Å². The normalized spacial score (nSPS) is 11.3. The number of pyridine rings is 1. The summed E-state index contributed by atoms with van der Waals surface area (Å²) in [5.41, 5.74) is -5.31. The summed E-state index contributed by atoms with van der Waals surface area (Å²) in [6, 6.07) is 9.44. The molecule has 0 unspecified atom stereocenters. The van der Waals surface area contributed by atoms with Gasteiger partial charge in [0.25, 0.3) is 11.3 Å². The summed E-state index contributed by atoms with van der Waals surface area (Å²) >= 11 is 0. The van der Waals surface area contributed by atoms with Crippen molar-refractivity contribution in [2.75, 3.05) is 0 Å². The summed E-state index contributed by atoms with van der Waals surface area (Å²) < 4.78 is 53.9. The number of carbonyl (C=O) groups is 1. The number of aromatic nitrogens is 3. The minimum Gasteiger partial charge on any atom is -0.348 e. The van der Waals surface area contributed by atoms with Crippen molar-refractivity contribution in [1.29, 1.82) is 0 Å². The van der Waals surface area contributed by atoms with Crippen molar-refractivity contribution >= 4 is 5.91 Å². The molecule has 0 radical (unpaired) electrons. The van der Waals surface area contributed by atoms with Gasteiger partial charge in [-0.1, -0.05) is 18.2 Å². The van der Waals surface area contributed by atoms with Gasteiger partial charge in [0.2, 0.25) is 0 Å². The van der Waals surface area contributed by atoms with E-state index in [9.17, 15) is 31.9 Å². The van der Waals surface area contributed by atoms with Crippen LogP contribution in [-0.4, -0.2) is 20.7 Å². The molecule has 30 heavy (non-hydrogen) atoms. The molecule has 0 fully saturated rings. The minimum absolute atomic E-state index is 0.233. The maximum absolute atomic E-state index is 13.5. The molecule has 0 aliphatic rings. The van der Waals surface area contributed by atoms with Crippen LogP contribution in [0.4, 0.5) is 17.6 Å². The van der Waals surface area contributed by atoms with Crippen LogP contribution in [0.3, 0.4) is 0 Å². The smallest absolute Gasteiger partial charge is 0.348 e. The Morgan fingerprint density at radius 1 is 1.10 bits per heavy atom. The second-order valence-corrected chi connectivity index (χ2v) is 6.21. The Labute approximate surface area is 166 Å². The third-order valence-electron chi connectivity index (χ3n) is 4.09. The van der Waals surface area contributed by atoms with Gasteiger partial charge in [0, 0.05) is 12.7 Å². The van der Waals surface area contributed by atoms with Gasteiger partial charge in [-0.05, 0) is 29.8 Å². The summed E-state index contributed by atoms with van der Waals surface area (Å²) in [5.74, 6) is -1.91. The van der Waals surface area contributed by atoms with Crippen LogP contribution < -0.4 is 16.3 Å². The zero-order chi connectivity index (χ0) is 21.9. The molecule has 0 spiro atoms. The molecule has 11 heteroatoms. The van der Waals surface area contributed by atoms with Crippen LogP contribution in [-0.2, 0) is 19.3 Å². The first-order valence-electron chi connectivity index (χ1n) is 8.53. The number of halogens is 4. The molecule has 2 heterocycles. The molecule has 0 atom stereocenters. The van der Waals surface area contributed by atoms with Crippen LogP contribution in [0.2, 0.25) is 0 Å². The molecule has 7 nitrogen and oxygen atoms in total. The van der Waals surface area contributed by atoms with E-state index in [1.807, 2.05) is 5.10 Å². The van der Waals surface area contributed by atoms with Crippen LogP contribution in [0, 0.1) is 5.82 Å². The Morgan fingerprint density at radius 2 is 1.80 bits per heavy atom. The number of hydrogen-bond donors (Lipinski definition) is 2. The summed E-state index contributed by atoms with van der Waals surface area (Å²) in [6.07, 6.45) is -3.73. The highest BCUT2D eigenvalue weighted by molar-refractivity contribution is 5.95. The first kappa shape index (κ1) is 21.0. The van der Waals surface area contributed by atoms with E-state index in [0.717, 1.165) is 12.1 Å². The Morgan fingerprint density at radius 3 is 2.40 bits per heavy atom. The molecule has 1 aromatic carbocycles. The fraction of sp³-hybridized carbons (Fsp3) is 0.158. The number of benzene rings is 1. The third kappa shape index (κ3) is 4.62. The van der Waals surface area contributed by atoms with Crippen molar-refractivity contribution < 1.29 is 22.4 Å². The number of H-pyrrole nitrogens is 1. The SMILES string of the molecule is O=C(NCc1ccc(F)cc1)c1c(C(F)(F)F)[nH]n(Cc2ccccn2)c(=O)c1=O. The summed E-state index contributed by atoms with van der Waals surface area (Å²) in [7, 11) is 0. The first-order valence-corrected chi connectivity index (χ1v) is 8.53. The minimum atomic E-state index is -5.11. The Hall–Kier alpha value is -3.76. The lowest BCUT2D eigenvalue weighted by molar-refractivity contribution is -0.142. The molecular formula is C19H14F4N4O3. The molecule has 1 amide bonds. The highest BCUT2D eigenvalue weighted by atomic mass is 19.4. The van der Waals surface area contributed by atoms with E-state index >= 15 is 0 Å². The number of carbonyl (C=O) groups excluding carboxylic acids is 1. The molecule has 2 N–H and O–H groups in total. The number of amides is 1. The zero-order valence-electron chi connectivity index (χ0n) is 15.2. The van der Waals surface area contributed by atoms with Crippen molar-refractivity contribution in [3.8, 4) is 0 Å². The van der Waals surface area contributed by atoms with Crippen LogP contribution in [0.25, 0.3) is 0 Å². The third-order valence-corrected chi connectivity index (χ3v) is 4.09. The second kappa shape index (κ2) is 8.31. The largest absolute Gasteiger partial charge is 0.433 e. The van der Waals surface area contributed by atoms with Crippen molar-refractivity contribution in [2.24, 2.45) is 0 Å². The Bertz CT molecular complexity index is 1170. The summed E-state index contributed by atoms with van der Waals surface area (Å²) in [4.78, 5) is 40.9. The molecular weight excluding hydrogens is 408 g/mol. The van der Waals surface area contributed by atoms with E-state index in [0.29, 0.717) is 10.2 Å². The molecule has 0 bridgehead atoms. The fourth-order valence-corrected chi connectivity index (χ4v) is 2.64. The fourth-order valence-electron chi connectivity index (χ4n) is 2.64. The van der Waals surface area contributed by atoms with Gasteiger partial charge in [-0.3, -0.25) is 24.5 Å². The van der Waals surface area contributed by atoms with Crippen molar-refractivity contribution in [1.82, 2.24) is 20.1 Å². The molecule has 3 rings (SSSR count). The van der Waals surface area contributed by atoms with Gasteiger partial charge < -0.3 is 5.32 Å². The van der Waals surface area contributed by atoms with Gasteiger partial charge >= 0.3 is 11.7 Å². The van der Waals surface area contributed by atoms with Crippen LogP contribution in [0.5, 0.6) is 0 Å². The maximum atomic E-state index is 13.5. The van der Waals surface area contributed by atoms with Crippen molar-refractivity contribution in [2.45, 2.75) is 19.3 Å². The number of nitrogens with one attached hydrogen (secondary N) is 2. The van der Waals surface area contributed by atoms with E-state index < -0.39 is 46.7 Å².